The first-order valence-corrected chi connectivity index (χ1v) is 11.5. The first-order chi connectivity index (χ1) is 15.1. The largest absolute Gasteiger partial charge is 0.452 e. The molecule has 0 aliphatic heterocycles. The predicted octanol–water partition coefficient (Wildman–Crippen LogP) is 4.85. The van der Waals surface area contributed by atoms with E-state index in [1.54, 1.807) is 47.4 Å². The van der Waals surface area contributed by atoms with E-state index in [-0.39, 0.29) is 18.9 Å². The number of hydrogen-bond acceptors (Lipinski definition) is 7. The van der Waals surface area contributed by atoms with Gasteiger partial charge in [-0.3, -0.25) is 4.79 Å². The molecule has 2 aromatic carbocycles. The Labute approximate surface area is 189 Å². The molecule has 1 amide bonds. The first kappa shape index (κ1) is 22.5. The number of anilines is 1. The first-order valence-electron chi connectivity index (χ1n) is 9.60. The maximum atomic E-state index is 12.6. The fraction of sp³-hybridized carbons (Fsp3) is 0.217. The number of benzene rings is 2. The van der Waals surface area contributed by atoms with Gasteiger partial charge in [-0.15, -0.1) is 23.1 Å². The standard InChI is InChI=1S/C23H21N3O3S2/c1-17-25-19(15-30-17)16-31-21-10-8-18(9-11-21)23(28)29-14-22(27)26(13-5-12-24)20-6-3-2-4-7-20/h2-4,6-11,15H,5,13-14,16H2,1H3. The highest BCUT2D eigenvalue weighted by atomic mass is 32.2. The number of thioether (sulfide) groups is 1. The minimum Gasteiger partial charge on any atom is -0.452 e. The lowest BCUT2D eigenvalue weighted by atomic mass is 10.2. The average Bonchev–Trinajstić information content (AvgIpc) is 3.22. The zero-order valence-electron chi connectivity index (χ0n) is 17.0. The lowest BCUT2D eigenvalue weighted by molar-refractivity contribution is -0.121. The molecule has 8 heteroatoms. The van der Waals surface area contributed by atoms with Gasteiger partial charge in [-0.2, -0.15) is 5.26 Å². The highest BCUT2D eigenvalue weighted by molar-refractivity contribution is 7.98. The van der Waals surface area contributed by atoms with Gasteiger partial charge in [-0.1, -0.05) is 18.2 Å². The normalized spacial score (nSPS) is 10.3. The van der Waals surface area contributed by atoms with Gasteiger partial charge in [0.1, 0.15) is 0 Å². The van der Waals surface area contributed by atoms with E-state index in [0.717, 1.165) is 21.3 Å². The summed E-state index contributed by atoms with van der Waals surface area (Å²) < 4.78 is 5.22. The number of nitrogens with zero attached hydrogens (tertiary/aromatic N) is 3. The molecule has 3 aromatic rings. The summed E-state index contributed by atoms with van der Waals surface area (Å²) in [5.41, 5.74) is 2.08. The number of thiazole rings is 1. The number of amides is 1. The van der Waals surface area contributed by atoms with Crippen molar-refractivity contribution in [3.63, 3.8) is 0 Å². The zero-order chi connectivity index (χ0) is 22.1. The second-order valence-corrected chi connectivity index (χ2v) is 8.65. The van der Waals surface area contributed by atoms with E-state index in [9.17, 15) is 9.59 Å². The van der Waals surface area contributed by atoms with Crippen molar-refractivity contribution in [3.05, 3.63) is 76.2 Å². The number of nitriles is 1. The molecular weight excluding hydrogens is 430 g/mol. The summed E-state index contributed by atoms with van der Waals surface area (Å²) in [4.78, 5) is 31.9. The molecule has 3 rings (SSSR count). The van der Waals surface area contributed by atoms with Crippen molar-refractivity contribution in [2.24, 2.45) is 0 Å². The van der Waals surface area contributed by atoms with Crippen LogP contribution in [-0.4, -0.2) is 30.0 Å². The molecule has 0 spiro atoms. The van der Waals surface area contributed by atoms with E-state index in [0.29, 0.717) is 11.3 Å². The Morgan fingerprint density at radius 2 is 1.90 bits per heavy atom. The number of aromatic nitrogens is 1. The van der Waals surface area contributed by atoms with Gasteiger partial charge in [0.25, 0.3) is 5.91 Å². The highest BCUT2D eigenvalue weighted by Crippen LogP contribution is 2.24. The molecule has 0 unspecified atom stereocenters. The molecule has 31 heavy (non-hydrogen) atoms. The molecule has 0 saturated heterocycles. The van der Waals surface area contributed by atoms with Gasteiger partial charge in [-0.05, 0) is 43.3 Å². The Kier molecular flexibility index (Phi) is 8.21. The van der Waals surface area contributed by atoms with Gasteiger partial charge >= 0.3 is 5.97 Å². The van der Waals surface area contributed by atoms with Crippen LogP contribution in [0, 0.1) is 18.3 Å². The predicted molar refractivity (Wildman–Crippen MR) is 122 cm³/mol. The molecule has 1 heterocycles. The fourth-order valence-corrected chi connectivity index (χ4v) is 4.28. The summed E-state index contributed by atoms with van der Waals surface area (Å²) in [6, 6.07) is 18.1. The maximum Gasteiger partial charge on any atom is 0.338 e. The minimum absolute atomic E-state index is 0.189. The van der Waals surface area contributed by atoms with Crippen LogP contribution in [-0.2, 0) is 15.3 Å². The Hall–Kier alpha value is -3.15. The molecule has 0 radical (unpaired) electrons. The van der Waals surface area contributed by atoms with Crippen LogP contribution in [0.2, 0.25) is 0 Å². The molecule has 0 fully saturated rings. The molecule has 0 aliphatic rings. The number of hydrogen-bond donors (Lipinski definition) is 0. The molecule has 1 aromatic heterocycles. The van der Waals surface area contributed by atoms with Crippen LogP contribution in [0.1, 0.15) is 27.5 Å². The number of esters is 1. The van der Waals surface area contributed by atoms with Gasteiger partial charge in [-0.25, -0.2) is 9.78 Å². The van der Waals surface area contributed by atoms with E-state index >= 15 is 0 Å². The molecule has 6 nitrogen and oxygen atoms in total. The van der Waals surface area contributed by atoms with E-state index in [4.69, 9.17) is 10.00 Å². The van der Waals surface area contributed by atoms with Crippen LogP contribution in [0.25, 0.3) is 0 Å². The molecule has 0 aliphatic carbocycles. The molecule has 0 saturated carbocycles. The second-order valence-electron chi connectivity index (χ2n) is 6.54. The quantitative estimate of drug-likeness (QED) is 0.342. The van der Waals surface area contributed by atoms with Gasteiger partial charge in [0.2, 0.25) is 0 Å². The SMILES string of the molecule is Cc1nc(CSc2ccc(C(=O)OCC(=O)N(CCC#N)c3ccccc3)cc2)cs1. The van der Waals surface area contributed by atoms with Gasteiger partial charge in [0.05, 0.1) is 28.8 Å². The van der Waals surface area contributed by atoms with Crippen LogP contribution in [0.15, 0.2) is 64.9 Å². The van der Waals surface area contributed by atoms with Crippen LogP contribution in [0.3, 0.4) is 0 Å². The Morgan fingerprint density at radius 1 is 1.16 bits per heavy atom. The summed E-state index contributed by atoms with van der Waals surface area (Å²) in [7, 11) is 0. The average molecular weight is 452 g/mol. The lowest BCUT2D eigenvalue weighted by Gasteiger charge is -2.21. The van der Waals surface area contributed by atoms with Crippen molar-refractivity contribution >= 4 is 40.7 Å². The van der Waals surface area contributed by atoms with Gasteiger partial charge in [0.15, 0.2) is 6.61 Å². The van der Waals surface area contributed by atoms with Gasteiger partial charge in [0, 0.05) is 28.3 Å². The van der Waals surface area contributed by atoms with Crippen LogP contribution < -0.4 is 4.90 Å². The van der Waals surface area contributed by atoms with Crippen molar-refractivity contribution in [3.8, 4) is 6.07 Å². The Bertz CT molecular complexity index is 1060. The third-order valence-corrected chi connectivity index (χ3v) is 6.15. The molecule has 0 atom stereocenters. The summed E-state index contributed by atoms with van der Waals surface area (Å²) in [6.07, 6.45) is 0.189. The van der Waals surface area contributed by atoms with E-state index < -0.39 is 12.6 Å². The number of aryl methyl sites for hydroxylation is 1. The second kappa shape index (κ2) is 11.3. The maximum absolute atomic E-state index is 12.6. The topological polar surface area (TPSA) is 83.3 Å². The lowest BCUT2D eigenvalue weighted by Crippen LogP contribution is -2.35. The van der Waals surface area contributed by atoms with Crippen molar-refractivity contribution in [2.45, 2.75) is 24.0 Å². The van der Waals surface area contributed by atoms with Crippen molar-refractivity contribution in [1.82, 2.24) is 4.98 Å². The third kappa shape index (κ3) is 6.67. The fourth-order valence-electron chi connectivity index (χ4n) is 2.78. The van der Waals surface area contributed by atoms with E-state index in [2.05, 4.69) is 4.98 Å². The van der Waals surface area contributed by atoms with Crippen LogP contribution in [0.5, 0.6) is 0 Å². The number of para-hydroxylation sites is 1. The Balaban J connectivity index is 1.54. The summed E-state index contributed by atoms with van der Waals surface area (Å²) in [6.45, 7) is 1.83. The monoisotopic (exact) mass is 451 g/mol. The number of rotatable bonds is 9. The molecule has 0 bridgehead atoms. The minimum atomic E-state index is -0.562. The number of carbonyl (C=O) groups is 2. The van der Waals surface area contributed by atoms with Crippen molar-refractivity contribution in [1.29, 1.82) is 5.26 Å². The zero-order valence-corrected chi connectivity index (χ0v) is 18.6. The highest BCUT2D eigenvalue weighted by Gasteiger charge is 2.18. The van der Waals surface area contributed by atoms with Crippen LogP contribution >= 0.6 is 23.1 Å². The van der Waals surface area contributed by atoms with Crippen molar-refractivity contribution < 1.29 is 14.3 Å². The van der Waals surface area contributed by atoms with Gasteiger partial charge < -0.3 is 9.64 Å². The molecular formula is C23H21N3O3S2. The number of carbonyl (C=O) groups excluding carboxylic acids is 2. The summed E-state index contributed by atoms with van der Waals surface area (Å²) >= 11 is 3.27. The molecule has 0 N–H and O–H groups in total. The molecule has 158 valence electrons. The van der Waals surface area contributed by atoms with Crippen LogP contribution in [0.4, 0.5) is 5.69 Å². The van der Waals surface area contributed by atoms with Crippen molar-refractivity contribution in [2.75, 3.05) is 18.1 Å². The number of ether oxygens (including phenoxy) is 1. The Morgan fingerprint density at radius 3 is 2.55 bits per heavy atom. The smallest absolute Gasteiger partial charge is 0.338 e. The third-order valence-electron chi connectivity index (χ3n) is 4.29. The summed E-state index contributed by atoms with van der Waals surface area (Å²) in [5.74, 6) is -0.172. The van der Waals surface area contributed by atoms with E-state index in [1.165, 1.54) is 4.90 Å². The van der Waals surface area contributed by atoms with E-state index in [1.807, 2.05) is 48.7 Å². The summed E-state index contributed by atoms with van der Waals surface area (Å²) in [5, 5.41) is 11.9.